The largest absolute Gasteiger partial charge is 0.481 e. The predicted molar refractivity (Wildman–Crippen MR) is 85.0 cm³/mol. The van der Waals surface area contributed by atoms with Crippen molar-refractivity contribution in [3.63, 3.8) is 0 Å². The Bertz CT molecular complexity index is 305. The second kappa shape index (κ2) is 10.9. The third kappa shape index (κ3) is 9.17. The minimum atomic E-state index is -0.656. The highest BCUT2D eigenvalue weighted by molar-refractivity contribution is 5.66. The molecule has 0 amide bonds. The Balaban J connectivity index is 1.86. The fraction of sp³-hybridized carbons (Fsp3) is 0.833. The fourth-order valence-corrected chi connectivity index (χ4v) is 2.83. The molecule has 0 saturated carbocycles. The second-order valence-corrected chi connectivity index (χ2v) is 6.21. The van der Waals surface area contributed by atoms with E-state index in [0.717, 1.165) is 12.8 Å². The summed E-state index contributed by atoms with van der Waals surface area (Å²) in [6.07, 6.45) is 17.0. The maximum absolute atomic E-state index is 10.4. The second-order valence-electron chi connectivity index (χ2n) is 6.21. The molecule has 1 aliphatic carbocycles. The van der Waals surface area contributed by atoms with Crippen LogP contribution in [0.15, 0.2) is 11.1 Å². The number of rotatable bonds is 14. The summed E-state index contributed by atoms with van der Waals surface area (Å²) in [7, 11) is 0. The molecule has 0 aromatic rings. The van der Waals surface area contributed by atoms with E-state index in [-0.39, 0.29) is 0 Å². The molecule has 0 spiro atoms. The third-order valence-electron chi connectivity index (χ3n) is 4.25. The Morgan fingerprint density at radius 1 is 0.850 bits per heavy atom. The van der Waals surface area contributed by atoms with Crippen molar-refractivity contribution in [2.75, 3.05) is 0 Å². The lowest BCUT2D eigenvalue weighted by atomic mass is 10.1. The first-order valence-electron chi connectivity index (χ1n) is 8.65. The van der Waals surface area contributed by atoms with Crippen LogP contribution in [0.3, 0.4) is 0 Å². The van der Waals surface area contributed by atoms with E-state index in [4.69, 9.17) is 5.11 Å². The van der Waals surface area contributed by atoms with Gasteiger partial charge in [-0.15, -0.1) is 0 Å². The van der Waals surface area contributed by atoms with Crippen molar-refractivity contribution in [1.82, 2.24) is 0 Å². The molecular weight excluding hydrogens is 248 g/mol. The van der Waals surface area contributed by atoms with Gasteiger partial charge in [-0.1, -0.05) is 63.0 Å². The van der Waals surface area contributed by atoms with Crippen LogP contribution in [0.2, 0.25) is 0 Å². The van der Waals surface area contributed by atoms with Crippen LogP contribution in [0.5, 0.6) is 0 Å². The molecule has 0 aliphatic heterocycles. The molecule has 0 aromatic carbocycles. The minimum absolute atomic E-state index is 0.339. The molecule has 0 bridgehead atoms. The zero-order valence-electron chi connectivity index (χ0n) is 13.3. The van der Waals surface area contributed by atoms with Crippen LogP contribution in [0.4, 0.5) is 0 Å². The molecule has 1 aliphatic rings. The molecule has 1 rings (SSSR count). The van der Waals surface area contributed by atoms with Crippen LogP contribution < -0.4 is 0 Å². The Morgan fingerprint density at radius 3 is 1.90 bits per heavy atom. The minimum Gasteiger partial charge on any atom is -0.481 e. The van der Waals surface area contributed by atoms with Gasteiger partial charge in [0.25, 0.3) is 0 Å². The van der Waals surface area contributed by atoms with Gasteiger partial charge in [-0.05, 0) is 38.5 Å². The van der Waals surface area contributed by atoms with Crippen molar-refractivity contribution in [2.24, 2.45) is 0 Å². The zero-order valence-corrected chi connectivity index (χ0v) is 13.3. The van der Waals surface area contributed by atoms with E-state index < -0.39 is 5.97 Å². The van der Waals surface area contributed by atoms with E-state index in [0.29, 0.717) is 6.42 Å². The van der Waals surface area contributed by atoms with Gasteiger partial charge in [0.1, 0.15) is 0 Å². The first kappa shape index (κ1) is 17.3. The number of hydrogen-bond donors (Lipinski definition) is 1. The summed E-state index contributed by atoms with van der Waals surface area (Å²) in [6.45, 7) is 2.27. The molecule has 0 radical (unpaired) electrons. The number of aliphatic carboxylic acids is 1. The molecular formula is C18H32O2. The Morgan fingerprint density at radius 2 is 1.35 bits per heavy atom. The number of unbranched alkanes of at least 4 members (excludes halogenated alkanes) is 8. The van der Waals surface area contributed by atoms with Gasteiger partial charge in [0.15, 0.2) is 0 Å². The molecule has 1 N–H and O–H groups in total. The molecule has 2 nitrogen and oxygen atoms in total. The highest BCUT2D eigenvalue weighted by Gasteiger charge is 2.19. The average Bonchev–Trinajstić information content (AvgIpc) is 3.16. The maximum Gasteiger partial charge on any atom is 0.303 e. The van der Waals surface area contributed by atoms with E-state index in [9.17, 15) is 4.79 Å². The van der Waals surface area contributed by atoms with E-state index in [2.05, 4.69) is 6.92 Å². The van der Waals surface area contributed by atoms with Crippen LogP contribution >= 0.6 is 0 Å². The Hall–Kier alpha value is -0.790. The highest BCUT2D eigenvalue weighted by atomic mass is 16.4. The number of carbonyl (C=O) groups is 1. The number of carboxylic acids is 1. The summed E-state index contributed by atoms with van der Waals surface area (Å²) >= 11 is 0. The summed E-state index contributed by atoms with van der Waals surface area (Å²) in [5.74, 6) is -0.656. The lowest BCUT2D eigenvalue weighted by Crippen LogP contribution is -1.93. The summed E-state index contributed by atoms with van der Waals surface area (Å²) in [5.41, 5.74) is 3.46. The summed E-state index contributed by atoms with van der Waals surface area (Å²) in [6, 6.07) is 0. The number of carboxylic acid groups (broad SMARTS) is 1. The molecule has 0 saturated heterocycles. The maximum atomic E-state index is 10.4. The molecule has 0 atom stereocenters. The van der Waals surface area contributed by atoms with Gasteiger partial charge in [0.2, 0.25) is 0 Å². The first-order valence-corrected chi connectivity index (χ1v) is 8.65. The van der Waals surface area contributed by atoms with Crippen LogP contribution in [-0.2, 0) is 4.79 Å². The van der Waals surface area contributed by atoms with Crippen molar-refractivity contribution in [3.05, 3.63) is 11.1 Å². The summed E-state index contributed by atoms with van der Waals surface area (Å²) in [4.78, 5) is 10.4. The molecule has 0 fully saturated rings. The standard InChI is InChI=1S/C18H32O2/c1-2-3-4-5-6-9-12-16-15-17(16)13-10-7-8-11-14-18(19)20/h2-15H2,1H3,(H,19,20). The van der Waals surface area contributed by atoms with Gasteiger partial charge in [-0.25, -0.2) is 0 Å². The molecule has 2 heteroatoms. The van der Waals surface area contributed by atoms with E-state index in [1.807, 2.05) is 0 Å². The topological polar surface area (TPSA) is 37.3 Å². The van der Waals surface area contributed by atoms with E-state index >= 15 is 0 Å². The van der Waals surface area contributed by atoms with Gasteiger partial charge in [0.05, 0.1) is 0 Å². The molecule has 0 heterocycles. The van der Waals surface area contributed by atoms with Crippen molar-refractivity contribution in [1.29, 1.82) is 0 Å². The van der Waals surface area contributed by atoms with E-state index in [1.54, 1.807) is 11.1 Å². The van der Waals surface area contributed by atoms with Crippen LogP contribution in [-0.4, -0.2) is 11.1 Å². The van der Waals surface area contributed by atoms with Gasteiger partial charge < -0.3 is 5.11 Å². The van der Waals surface area contributed by atoms with Crippen molar-refractivity contribution in [3.8, 4) is 0 Å². The fourth-order valence-electron chi connectivity index (χ4n) is 2.83. The molecule has 20 heavy (non-hydrogen) atoms. The van der Waals surface area contributed by atoms with Gasteiger partial charge in [0, 0.05) is 6.42 Å². The first-order chi connectivity index (χ1) is 9.74. The Kier molecular flexibility index (Phi) is 9.44. The predicted octanol–water partition coefficient (Wildman–Crippen LogP) is 5.86. The number of hydrogen-bond acceptors (Lipinski definition) is 1. The van der Waals surface area contributed by atoms with Crippen LogP contribution in [0, 0.1) is 0 Å². The summed E-state index contributed by atoms with van der Waals surface area (Å²) < 4.78 is 0. The lowest BCUT2D eigenvalue weighted by molar-refractivity contribution is -0.137. The van der Waals surface area contributed by atoms with E-state index in [1.165, 1.54) is 70.6 Å². The van der Waals surface area contributed by atoms with Crippen molar-refractivity contribution < 1.29 is 9.90 Å². The average molecular weight is 280 g/mol. The van der Waals surface area contributed by atoms with Crippen LogP contribution in [0.1, 0.15) is 96.8 Å². The Labute approximate surface area is 124 Å². The quantitative estimate of drug-likeness (QED) is 0.319. The lowest BCUT2D eigenvalue weighted by Gasteiger charge is -1.98. The smallest absolute Gasteiger partial charge is 0.303 e. The van der Waals surface area contributed by atoms with Crippen LogP contribution in [0.25, 0.3) is 0 Å². The molecule has 0 aromatic heterocycles. The molecule has 0 unspecified atom stereocenters. The van der Waals surface area contributed by atoms with Gasteiger partial charge >= 0.3 is 5.97 Å². The molecule has 116 valence electrons. The third-order valence-corrected chi connectivity index (χ3v) is 4.25. The van der Waals surface area contributed by atoms with Gasteiger partial charge in [-0.3, -0.25) is 4.79 Å². The normalized spacial score (nSPS) is 13.8. The summed E-state index contributed by atoms with van der Waals surface area (Å²) in [5, 5.41) is 8.55. The zero-order chi connectivity index (χ0) is 14.6. The SMILES string of the molecule is CCCCCCCCC1=C(CCCCCCC(=O)O)C1. The highest BCUT2D eigenvalue weighted by Crippen LogP contribution is 2.38. The van der Waals surface area contributed by atoms with Crippen molar-refractivity contribution in [2.45, 2.75) is 96.8 Å². The monoisotopic (exact) mass is 280 g/mol. The van der Waals surface area contributed by atoms with Gasteiger partial charge in [-0.2, -0.15) is 0 Å². The number of allylic oxidation sites excluding steroid dienone is 2. The van der Waals surface area contributed by atoms with Crippen molar-refractivity contribution >= 4 is 5.97 Å².